The molecule has 3 rings (SSSR count). The fourth-order valence-corrected chi connectivity index (χ4v) is 2.95. The maximum atomic E-state index is 11.9. The Bertz CT molecular complexity index is 909. The molecule has 2 N–H and O–H groups in total. The number of thiocarbonyl (C=S) groups is 1. The lowest BCUT2D eigenvalue weighted by atomic mass is 10.1. The van der Waals surface area contributed by atoms with Gasteiger partial charge in [0.1, 0.15) is 30.3 Å². The molecule has 0 atom stereocenters. The summed E-state index contributed by atoms with van der Waals surface area (Å²) in [6.07, 6.45) is 1.50. The van der Waals surface area contributed by atoms with Gasteiger partial charge in [0.15, 0.2) is 5.11 Å². The van der Waals surface area contributed by atoms with E-state index in [1.807, 2.05) is 32.0 Å². The van der Waals surface area contributed by atoms with E-state index in [-0.39, 0.29) is 10.7 Å². The van der Waals surface area contributed by atoms with Gasteiger partial charge in [0, 0.05) is 0 Å². The van der Waals surface area contributed by atoms with Crippen LogP contribution in [0.4, 0.5) is 0 Å². The average Bonchev–Trinajstić information content (AvgIpc) is 2.65. The van der Waals surface area contributed by atoms with E-state index in [9.17, 15) is 9.59 Å². The Labute approximate surface area is 168 Å². The van der Waals surface area contributed by atoms with Crippen molar-refractivity contribution in [2.24, 2.45) is 0 Å². The van der Waals surface area contributed by atoms with Crippen LogP contribution >= 0.6 is 12.2 Å². The number of aryl methyl sites for hydroxylation is 2. The highest BCUT2D eigenvalue weighted by Gasteiger charge is 2.25. The Kier molecular flexibility index (Phi) is 6.06. The van der Waals surface area contributed by atoms with E-state index in [4.69, 9.17) is 21.7 Å². The largest absolute Gasteiger partial charge is 0.490 e. The fourth-order valence-electron chi connectivity index (χ4n) is 2.76. The van der Waals surface area contributed by atoms with E-state index in [0.717, 1.165) is 16.9 Å². The Morgan fingerprint density at radius 1 is 0.893 bits per heavy atom. The van der Waals surface area contributed by atoms with Gasteiger partial charge < -0.3 is 9.47 Å². The predicted molar refractivity (Wildman–Crippen MR) is 110 cm³/mol. The third-order valence-electron chi connectivity index (χ3n) is 4.14. The molecule has 0 aliphatic carbocycles. The standard InChI is InChI=1S/C21H20N2O4S/c1-13-4-3-5-14(2)18(13)27-11-10-26-16-8-6-15(7-9-16)12-17-19(24)22-21(28)23-20(17)25/h3-9,12H,10-11H2,1-2H3,(H2,22,23,24,25,28). The minimum absolute atomic E-state index is 0.00395. The number of carbonyl (C=O) groups excluding carboxylic acids is 2. The number of carbonyl (C=O) groups is 2. The second kappa shape index (κ2) is 8.67. The lowest BCUT2D eigenvalue weighted by Gasteiger charge is -2.16. The van der Waals surface area contributed by atoms with Crippen molar-refractivity contribution >= 4 is 35.2 Å². The molecule has 2 amide bonds. The molecular formula is C21H20N2O4S. The summed E-state index contributed by atoms with van der Waals surface area (Å²) in [7, 11) is 0. The van der Waals surface area contributed by atoms with Gasteiger partial charge in [-0.2, -0.15) is 0 Å². The first-order valence-electron chi connectivity index (χ1n) is 8.74. The van der Waals surface area contributed by atoms with E-state index in [0.29, 0.717) is 24.5 Å². The van der Waals surface area contributed by atoms with Crippen molar-refractivity contribution in [3.05, 3.63) is 64.7 Å². The minimum Gasteiger partial charge on any atom is -0.490 e. The van der Waals surface area contributed by atoms with Crippen LogP contribution in [0.1, 0.15) is 16.7 Å². The van der Waals surface area contributed by atoms with Crippen LogP contribution in [-0.4, -0.2) is 30.1 Å². The van der Waals surface area contributed by atoms with Gasteiger partial charge in [-0.1, -0.05) is 30.3 Å². The number of ether oxygens (including phenoxy) is 2. The quantitative estimate of drug-likeness (QED) is 0.340. The molecule has 0 aromatic heterocycles. The average molecular weight is 396 g/mol. The number of benzene rings is 2. The van der Waals surface area contributed by atoms with Gasteiger partial charge in [-0.15, -0.1) is 0 Å². The van der Waals surface area contributed by atoms with Gasteiger partial charge in [-0.3, -0.25) is 20.2 Å². The SMILES string of the molecule is Cc1cccc(C)c1OCCOc1ccc(C=C2C(=O)NC(=S)NC2=O)cc1. The molecule has 28 heavy (non-hydrogen) atoms. The van der Waals surface area contributed by atoms with Crippen LogP contribution in [0.5, 0.6) is 11.5 Å². The van der Waals surface area contributed by atoms with Crippen molar-refractivity contribution in [3.63, 3.8) is 0 Å². The lowest BCUT2D eigenvalue weighted by molar-refractivity contribution is -0.123. The van der Waals surface area contributed by atoms with Crippen molar-refractivity contribution in [1.29, 1.82) is 0 Å². The van der Waals surface area contributed by atoms with Gasteiger partial charge >= 0.3 is 0 Å². The van der Waals surface area contributed by atoms with E-state index in [2.05, 4.69) is 10.6 Å². The van der Waals surface area contributed by atoms with Crippen LogP contribution in [0.25, 0.3) is 6.08 Å². The molecule has 0 bridgehead atoms. The molecule has 0 spiro atoms. The Morgan fingerprint density at radius 2 is 1.46 bits per heavy atom. The second-order valence-electron chi connectivity index (χ2n) is 6.28. The molecular weight excluding hydrogens is 376 g/mol. The number of hydrogen-bond acceptors (Lipinski definition) is 5. The zero-order chi connectivity index (χ0) is 20.1. The topological polar surface area (TPSA) is 76.7 Å². The van der Waals surface area contributed by atoms with Crippen molar-refractivity contribution in [2.45, 2.75) is 13.8 Å². The van der Waals surface area contributed by atoms with Gasteiger partial charge in [0.2, 0.25) is 0 Å². The minimum atomic E-state index is -0.516. The first-order chi connectivity index (χ1) is 13.4. The van der Waals surface area contributed by atoms with Crippen LogP contribution in [0.3, 0.4) is 0 Å². The fraction of sp³-hybridized carbons (Fsp3) is 0.190. The Hall–Kier alpha value is -3.19. The number of para-hydroxylation sites is 1. The summed E-state index contributed by atoms with van der Waals surface area (Å²) in [5, 5.41) is 4.81. The summed E-state index contributed by atoms with van der Waals surface area (Å²) >= 11 is 4.77. The smallest absolute Gasteiger partial charge is 0.263 e. The Morgan fingerprint density at radius 3 is 2.07 bits per heavy atom. The van der Waals surface area contributed by atoms with Crippen LogP contribution in [0.2, 0.25) is 0 Å². The first-order valence-corrected chi connectivity index (χ1v) is 9.15. The van der Waals surface area contributed by atoms with Crippen LogP contribution in [0, 0.1) is 13.8 Å². The molecule has 1 heterocycles. The number of nitrogens with one attached hydrogen (secondary N) is 2. The summed E-state index contributed by atoms with van der Waals surface area (Å²) in [5.74, 6) is 0.526. The first kappa shape index (κ1) is 19.6. The van der Waals surface area contributed by atoms with Gasteiger partial charge in [-0.05, 0) is 61.0 Å². The number of amides is 2. The molecule has 0 saturated carbocycles. The number of rotatable bonds is 6. The molecule has 7 heteroatoms. The predicted octanol–water partition coefficient (Wildman–Crippen LogP) is 2.68. The lowest BCUT2D eigenvalue weighted by Crippen LogP contribution is -2.51. The van der Waals surface area contributed by atoms with Gasteiger partial charge in [0.25, 0.3) is 11.8 Å². The molecule has 2 aromatic carbocycles. The van der Waals surface area contributed by atoms with Crippen LogP contribution < -0.4 is 20.1 Å². The third kappa shape index (κ3) is 4.75. The molecule has 1 saturated heterocycles. The molecule has 1 aliphatic heterocycles. The Balaban J connectivity index is 1.55. The summed E-state index contributed by atoms with van der Waals surface area (Å²) in [6.45, 7) is 4.85. The van der Waals surface area contributed by atoms with Gasteiger partial charge in [-0.25, -0.2) is 0 Å². The van der Waals surface area contributed by atoms with E-state index in [1.54, 1.807) is 24.3 Å². The van der Waals surface area contributed by atoms with Crippen molar-refractivity contribution in [1.82, 2.24) is 10.6 Å². The van der Waals surface area contributed by atoms with E-state index in [1.165, 1.54) is 6.08 Å². The summed E-state index contributed by atoms with van der Waals surface area (Å²) < 4.78 is 11.5. The maximum Gasteiger partial charge on any atom is 0.263 e. The second-order valence-corrected chi connectivity index (χ2v) is 6.69. The highest BCUT2D eigenvalue weighted by atomic mass is 32.1. The van der Waals surface area contributed by atoms with Crippen molar-refractivity contribution in [3.8, 4) is 11.5 Å². The van der Waals surface area contributed by atoms with Crippen molar-refractivity contribution < 1.29 is 19.1 Å². The zero-order valence-electron chi connectivity index (χ0n) is 15.6. The molecule has 1 fully saturated rings. The monoisotopic (exact) mass is 396 g/mol. The van der Waals surface area contributed by atoms with Crippen molar-refractivity contribution in [2.75, 3.05) is 13.2 Å². The molecule has 0 radical (unpaired) electrons. The van der Waals surface area contributed by atoms with Gasteiger partial charge in [0.05, 0.1) is 0 Å². The molecule has 2 aromatic rings. The third-order valence-corrected chi connectivity index (χ3v) is 4.35. The van der Waals surface area contributed by atoms with E-state index < -0.39 is 11.8 Å². The zero-order valence-corrected chi connectivity index (χ0v) is 16.4. The summed E-state index contributed by atoms with van der Waals surface area (Å²) in [5.41, 5.74) is 2.89. The molecule has 1 aliphatic rings. The molecule has 0 unspecified atom stereocenters. The van der Waals surface area contributed by atoms with Crippen LogP contribution in [0.15, 0.2) is 48.0 Å². The molecule has 6 nitrogen and oxygen atoms in total. The summed E-state index contributed by atoms with van der Waals surface area (Å²) in [6, 6.07) is 13.1. The van der Waals surface area contributed by atoms with E-state index >= 15 is 0 Å². The van der Waals surface area contributed by atoms with Crippen LogP contribution in [-0.2, 0) is 9.59 Å². The highest BCUT2D eigenvalue weighted by molar-refractivity contribution is 7.80. The summed E-state index contributed by atoms with van der Waals surface area (Å²) in [4.78, 5) is 23.7. The maximum absolute atomic E-state index is 11.9. The molecule has 144 valence electrons. The number of hydrogen-bond donors (Lipinski definition) is 2. The normalized spacial score (nSPS) is 13.6. The highest BCUT2D eigenvalue weighted by Crippen LogP contribution is 2.22.